The van der Waals surface area contributed by atoms with Crippen LogP contribution in [0.25, 0.3) is 6.08 Å². The Bertz CT molecular complexity index is 1070. The van der Waals surface area contributed by atoms with Gasteiger partial charge in [-0.1, -0.05) is 54.3 Å². The molecule has 0 spiro atoms. The number of nitrogens with two attached hydrogens (primary N) is 1. The molecule has 3 N–H and O–H groups in total. The fourth-order valence-electron chi connectivity index (χ4n) is 2.41. The van der Waals surface area contributed by atoms with Crippen LogP contribution in [0.1, 0.15) is 5.56 Å². The first-order valence-corrected chi connectivity index (χ1v) is 10.7. The summed E-state index contributed by atoms with van der Waals surface area (Å²) in [6.07, 6.45) is 1.73. The summed E-state index contributed by atoms with van der Waals surface area (Å²) in [5.74, 6) is -0.792. The van der Waals surface area contributed by atoms with Crippen molar-refractivity contribution in [3.05, 3.63) is 65.1 Å². The van der Waals surface area contributed by atoms with E-state index in [1.54, 1.807) is 6.08 Å². The maximum absolute atomic E-state index is 12.6. The van der Waals surface area contributed by atoms with E-state index in [-0.39, 0.29) is 17.3 Å². The molecule has 7 nitrogen and oxygen atoms in total. The molecule has 0 radical (unpaired) electrons. The van der Waals surface area contributed by atoms with Gasteiger partial charge >= 0.3 is 0 Å². The molecule has 1 heterocycles. The molecule has 2 amide bonds. The second-order valence-corrected chi connectivity index (χ2v) is 9.03. The summed E-state index contributed by atoms with van der Waals surface area (Å²) in [6, 6.07) is 14.7. The topological polar surface area (TPSA) is 110 Å². The van der Waals surface area contributed by atoms with E-state index in [2.05, 4.69) is 5.32 Å². The van der Waals surface area contributed by atoms with Gasteiger partial charge in [-0.25, -0.2) is 13.6 Å². The number of nitrogens with zero attached hydrogens (tertiary/aromatic N) is 1. The molecule has 2 aromatic carbocycles. The maximum atomic E-state index is 12.6. The predicted octanol–water partition coefficient (Wildman–Crippen LogP) is 2.17. The molecule has 0 bridgehead atoms. The smallest absolute Gasteiger partial charge is 0.266 e. The molecule has 1 aliphatic heterocycles. The van der Waals surface area contributed by atoms with Crippen LogP contribution in [-0.2, 0) is 19.6 Å². The van der Waals surface area contributed by atoms with Gasteiger partial charge in [0.05, 0.1) is 9.80 Å². The van der Waals surface area contributed by atoms with E-state index >= 15 is 0 Å². The van der Waals surface area contributed by atoms with Crippen molar-refractivity contribution in [1.29, 1.82) is 0 Å². The fourth-order valence-corrected chi connectivity index (χ4v) is 4.18. The monoisotopic (exact) mass is 433 g/mol. The highest BCUT2D eigenvalue weighted by atomic mass is 32.2. The summed E-state index contributed by atoms with van der Waals surface area (Å²) >= 11 is 6.36. The van der Waals surface area contributed by atoms with Crippen LogP contribution in [-0.4, -0.2) is 36.0 Å². The lowest BCUT2D eigenvalue weighted by Crippen LogP contribution is -2.36. The van der Waals surface area contributed by atoms with Crippen LogP contribution < -0.4 is 10.5 Å². The van der Waals surface area contributed by atoms with Gasteiger partial charge in [0.25, 0.3) is 5.91 Å². The third-order valence-corrected chi connectivity index (χ3v) is 6.05. The van der Waals surface area contributed by atoms with Crippen LogP contribution in [0.2, 0.25) is 0 Å². The fraction of sp³-hybridized carbons (Fsp3) is 0.0556. The molecule has 1 fully saturated rings. The number of hydrogen-bond donors (Lipinski definition) is 2. The summed E-state index contributed by atoms with van der Waals surface area (Å²) in [4.78, 5) is 26.4. The van der Waals surface area contributed by atoms with E-state index in [0.717, 1.165) is 17.3 Å². The van der Waals surface area contributed by atoms with Gasteiger partial charge in [0.2, 0.25) is 15.9 Å². The van der Waals surface area contributed by atoms with E-state index < -0.39 is 15.9 Å². The van der Waals surface area contributed by atoms with Gasteiger partial charge in [0, 0.05) is 5.69 Å². The van der Waals surface area contributed by atoms with Gasteiger partial charge in [-0.2, -0.15) is 0 Å². The summed E-state index contributed by atoms with van der Waals surface area (Å²) < 4.78 is 22.8. The minimum absolute atomic E-state index is 0.0616. The Labute approximate surface area is 171 Å². The van der Waals surface area contributed by atoms with Crippen LogP contribution in [0.15, 0.2) is 64.4 Å². The molecule has 144 valence electrons. The Hall–Kier alpha value is -2.53. The number of thioether (sulfide) groups is 1. The number of anilines is 1. The van der Waals surface area contributed by atoms with Crippen molar-refractivity contribution >= 4 is 61.9 Å². The van der Waals surface area contributed by atoms with E-state index in [1.807, 2.05) is 30.3 Å². The zero-order chi connectivity index (χ0) is 20.3. The molecule has 1 saturated heterocycles. The number of amides is 2. The molecular weight excluding hydrogens is 418 g/mol. The predicted molar refractivity (Wildman–Crippen MR) is 113 cm³/mol. The Morgan fingerprint density at radius 3 is 2.39 bits per heavy atom. The highest BCUT2D eigenvalue weighted by Crippen LogP contribution is 2.32. The molecule has 0 aliphatic carbocycles. The average Bonchev–Trinajstić information content (AvgIpc) is 2.90. The van der Waals surface area contributed by atoms with E-state index in [1.165, 1.54) is 29.2 Å². The number of carbonyl (C=O) groups is 2. The van der Waals surface area contributed by atoms with E-state index in [9.17, 15) is 18.0 Å². The van der Waals surface area contributed by atoms with Crippen molar-refractivity contribution in [3.63, 3.8) is 0 Å². The minimum Gasteiger partial charge on any atom is -0.325 e. The van der Waals surface area contributed by atoms with Crippen molar-refractivity contribution in [1.82, 2.24) is 4.90 Å². The number of hydrogen-bond acceptors (Lipinski definition) is 6. The lowest BCUT2D eigenvalue weighted by atomic mass is 10.2. The molecular formula is C18H15N3O4S3. The summed E-state index contributed by atoms with van der Waals surface area (Å²) in [6.45, 7) is -0.242. The standard InChI is InChI=1S/C18H15N3O4S3/c19-28(24,25)14-8-6-13(7-9-14)20-16(22)11-21-17(23)15(27-18(21)26)10-12-4-2-1-3-5-12/h1-10H,11H2,(H,20,22)(H2,19,24,25). The Kier molecular flexibility index (Phi) is 5.94. The number of sulfonamides is 1. The molecule has 0 aromatic heterocycles. The molecule has 1 aliphatic rings. The van der Waals surface area contributed by atoms with Gasteiger partial charge < -0.3 is 5.32 Å². The lowest BCUT2D eigenvalue weighted by Gasteiger charge is -2.14. The second kappa shape index (κ2) is 8.23. The normalized spacial score (nSPS) is 15.9. The highest BCUT2D eigenvalue weighted by molar-refractivity contribution is 8.26. The molecule has 0 atom stereocenters. The van der Waals surface area contributed by atoms with Gasteiger partial charge in [-0.3, -0.25) is 14.5 Å². The van der Waals surface area contributed by atoms with Crippen molar-refractivity contribution < 1.29 is 18.0 Å². The van der Waals surface area contributed by atoms with Crippen molar-refractivity contribution in [2.24, 2.45) is 5.14 Å². The van der Waals surface area contributed by atoms with Crippen LogP contribution in [0, 0.1) is 0 Å². The van der Waals surface area contributed by atoms with E-state index in [4.69, 9.17) is 17.4 Å². The number of benzene rings is 2. The zero-order valence-corrected chi connectivity index (χ0v) is 16.8. The van der Waals surface area contributed by atoms with E-state index in [0.29, 0.717) is 14.9 Å². The number of nitrogens with one attached hydrogen (secondary N) is 1. The molecule has 2 aromatic rings. The first-order valence-electron chi connectivity index (χ1n) is 7.97. The number of rotatable bonds is 5. The summed E-state index contributed by atoms with van der Waals surface area (Å²) in [5.41, 5.74) is 1.24. The largest absolute Gasteiger partial charge is 0.325 e. The summed E-state index contributed by atoms with van der Waals surface area (Å²) in [7, 11) is -3.80. The second-order valence-electron chi connectivity index (χ2n) is 5.80. The van der Waals surface area contributed by atoms with Crippen molar-refractivity contribution in [2.75, 3.05) is 11.9 Å². The third-order valence-electron chi connectivity index (χ3n) is 3.74. The van der Waals surface area contributed by atoms with Crippen molar-refractivity contribution in [2.45, 2.75) is 4.90 Å². The zero-order valence-electron chi connectivity index (χ0n) is 14.4. The van der Waals surface area contributed by atoms with Gasteiger partial charge in [-0.15, -0.1) is 0 Å². The highest BCUT2D eigenvalue weighted by Gasteiger charge is 2.33. The molecule has 3 rings (SSSR count). The van der Waals surface area contributed by atoms with Crippen molar-refractivity contribution in [3.8, 4) is 0 Å². The SMILES string of the molecule is NS(=O)(=O)c1ccc(NC(=O)CN2C(=O)C(=Cc3ccccc3)SC2=S)cc1. The van der Waals surface area contributed by atoms with Gasteiger partial charge in [0.1, 0.15) is 10.9 Å². The average molecular weight is 434 g/mol. The first kappa shape index (κ1) is 20.2. The quantitative estimate of drug-likeness (QED) is 0.552. The number of primary sulfonamides is 1. The third kappa shape index (κ3) is 4.84. The Morgan fingerprint density at radius 1 is 1.14 bits per heavy atom. The first-order chi connectivity index (χ1) is 13.2. The van der Waals surface area contributed by atoms with Gasteiger partial charge in [0.15, 0.2) is 0 Å². The minimum atomic E-state index is -3.80. The molecule has 10 heteroatoms. The Balaban J connectivity index is 1.66. The van der Waals surface area contributed by atoms with Crippen LogP contribution in [0.4, 0.5) is 5.69 Å². The molecule has 0 saturated carbocycles. The lowest BCUT2D eigenvalue weighted by molar-refractivity contribution is -0.126. The number of thiocarbonyl (C=S) groups is 1. The number of carbonyl (C=O) groups excluding carboxylic acids is 2. The Morgan fingerprint density at radius 2 is 1.79 bits per heavy atom. The molecule has 0 unspecified atom stereocenters. The van der Waals surface area contributed by atoms with Crippen LogP contribution in [0.5, 0.6) is 0 Å². The summed E-state index contributed by atoms with van der Waals surface area (Å²) in [5, 5.41) is 7.63. The van der Waals surface area contributed by atoms with Crippen LogP contribution in [0.3, 0.4) is 0 Å². The van der Waals surface area contributed by atoms with Crippen LogP contribution >= 0.6 is 24.0 Å². The van der Waals surface area contributed by atoms with Gasteiger partial charge in [-0.05, 0) is 35.9 Å². The maximum Gasteiger partial charge on any atom is 0.266 e. The molecule has 28 heavy (non-hydrogen) atoms.